The lowest BCUT2D eigenvalue weighted by molar-refractivity contribution is 0.0908. The summed E-state index contributed by atoms with van der Waals surface area (Å²) in [5.41, 5.74) is 0.768. The first kappa shape index (κ1) is 21.2. The number of hydrogen-bond acceptors (Lipinski definition) is 5. The van der Waals surface area contributed by atoms with Crippen LogP contribution < -0.4 is 14.8 Å². The largest absolute Gasteiger partial charge is 0.496 e. The van der Waals surface area contributed by atoms with Gasteiger partial charge >= 0.3 is 0 Å². The number of carbonyl (C=O) groups excluding carboxylic acids is 1. The maximum atomic E-state index is 13.0. The van der Waals surface area contributed by atoms with Crippen molar-refractivity contribution in [2.24, 2.45) is 7.05 Å². The highest BCUT2D eigenvalue weighted by Gasteiger charge is 2.25. The van der Waals surface area contributed by atoms with E-state index in [1.165, 1.54) is 24.3 Å². The summed E-state index contributed by atoms with van der Waals surface area (Å²) < 4.78 is 31.6. The van der Waals surface area contributed by atoms with Crippen LogP contribution in [-0.2, 0) is 13.7 Å². The molecule has 0 saturated heterocycles. The molecule has 1 unspecified atom stereocenters. The minimum absolute atomic E-state index is 0.105. The van der Waals surface area contributed by atoms with Gasteiger partial charge in [-0.05, 0) is 42.5 Å². The van der Waals surface area contributed by atoms with Crippen molar-refractivity contribution in [1.82, 2.24) is 14.9 Å². The van der Waals surface area contributed by atoms with Crippen LogP contribution in [-0.4, -0.2) is 22.6 Å². The van der Waals surface area contributed by atoms with Crippen molar-refractivity contribution in [3.63, 3.8) is 0 Å². The Hall–Kier alpha value is -4.07. The van der Waals surface area contributed by atoms with Crippen LogP contribution in [0.25, 0.3) is 0 Å². The first-order valence-electron chi connectivity index (χ1n) is 9.93. The van der Waals surface area contributed by atoms with Crippen molar-refractivity contribution < 1.29 is 23.1 Å². The Morgan fingerprint density at radius 2 is 1.94 bits per heavy atom. The first-order valence-corrected chi connectivity index (χ1v) is 9.93. The number of methoxy groups -OCH3 is 1. The fraction of sp³-hybridized carbons (Fsp3) is 0.167. The molecular weight excluding hydrogens is 413 g/mol. The molecule has 0 aliphatic carbocycles. The van der Waals surface area contributed by atoms with Gasteiger partial charge in [-0.2, -0.15) is 0 Å². The maximum Gasteiger partial charge on any atom is 0.287 e. The second-order valence-electron chi connectivity index (χ2n) is 7.05. The predicted molar refractivity (Wildman–Crippen MR) is 115 cm³/mol. The van der Waals surface area contributed by atoms with E-state index in [1.807, 2.05) is 42.1 Å². The van der Waals surface area contributed by atoms with E-state index in [4.69, 9.17) is 13.9 Å². The molecule has 1 N–H and O–H groups in total. The van der Waals surface area contributed by atoms with Gasteiger partial charge in [0.1, 0.15) is 41.5 Å². The van der Waals surface area contributed by atoms with E-state index in [9.17, 15) is 9.18 Å². The molecule has 0 radical (unpaired) electrons. The molecule has 0 aliphatic heterocycles. The molecule has 32 heavy (non-hydrogen) atoms. The Bertz CT molecular complexity index is 1200. The molecule has 2 aromatic carbocycles. The third-order valence-corrected chi connectivity index (χ3v) is 4.92. The van der Waals surface area contributed by atoms with Crippen LogP contribution in [0, 0.1) is 5.82 Å². The number of aromatic nitrogens is 2. The third kappa shape index (κ3) is 4.64. The van der Waals surface area contributed by atoms with Gasteiger partial charge in [-0.3, -0.25) is 4.79 Å². The average Bonchev–Trinajstić information content (AvgIpc) is 3.46. The van der Waals surface area contributed by atoms with E-state index >= 15 is 0 Å². The maximum absolute atomic E-state index is 13.0. The summed E-state index contributed by atoms with van der Waals surface area (Å²) in [4.78, 5) is 17.4. The minimum atomic E-state index is -0.553. The number of carbonyl (C=O) groups is 1. The summed E-state index contributed by atoms with van der Waals surface area (Å²) in [6.07, 6.45) is 3.48. The van der Waals surface area contributed by atoms with E-state index in [0.29, 0.717) is 23.1 Å². The molecule has 2 aromatic heterocycles. The van der Waals surface area contributed by atoms with E-state index in [2.05, 4.69) is 10.3 Å². The Kier molecular flexibility index (Phi) is 6.21. The highest BCUT2D eigenvalue weighted by Crippen LogP contribution is 2.29. The smallest absolute Gasteiger partial charge is 0.287 e. The zero-order valence-electron chi connectivity index (χ0n) is 17.6. The Morgan fingerprint density at radius 3 is 2.66 bits per heavy atom. The number of benzene rings is 2. The number of rotatable bonds is 8. The lowest BCUT2D eigenvalue weighted by Gasteiger charge is -2.20. The van der Waals surface area contributed by atoms with E-state index in [1.54, 1.807) is 25.4 Å². The Labute approximate surface area is 184 Å². The van der Waals surface area contributed by atoms with Crippen molar-refractivity contribution in [2.45, 2.75) is 12.6 Å². The second-order valence-corrected chi connectivity index (χ2v) is 7.05. The van der Waals surface area contributed by atoms with Crippen molar-refractivity contribution in [3.8, 4) is 11.5 Å². The number of nitrogens with zero attached hydrogens (tertiary/aromatic N) is 2. The van der Waals surface area contributed by atoms with E-state index < -0.39 is 11.9 Å². The fourth-order valence-corrected chi connectivity index (χ4v) is 3.31. The van der Waals surface area contributed by atoms with Gasteiger partial charge in [-0.1, -0.05) is 18.2 Å². The predicted octanol–water partition coefficient (Wildman–Crippen LogP) is 4.26. The average molecular weight is 435 g/mol. The molecule has 4 aromatic rings. The van der Waals surface area contributed by atoms with E-state index in [0.717, 1.165) is 5.56 Å². The normalized spacial score (nSPS) is 11.7. The number of ether oxygens (including phenoxy) is 2. The Morgan fingerprint density at radius 1 is 1.16 bits per heavy atom. The zero-order chi connectivity index (χ0) is 22.5. The summed E-state index contributed by atoms with van der Waals surface area (Å²) in [5, 5.41) is 2.98. The van der Waals surface area contributed by atoms with Crippen LogP contribution in [0.5, 0.6) is 11.5 Å². The monoisotopic (exact) mass is 435 g/mol. The van der Waals surface area contributed by atoms with Gasteiger partial charge in [0, 0.05) is 25.0 Å². The first-order chi connectivity index (χ1) is 15.5. The van der Waals surface area contributed by atoms with Crippen LogP contribution in [0.4, 0.5) is 4.39 Å². The van der Waals surface area contributed by atoms with Gasteiger partial charge in [-0.15, -0.1) is 0 Å². The molecule has 4 rings (SSSR count). The van der Waals surface area contributed by atoms with Crippen LogP contribution in [0.3, 0.4) is 0 Å². The van der Waals surface area contributed by atoms with Crippen LogP contribution in [0.2, 0.25) is 0 Å². The van der Waals surface area contributed by atoms with Crippen LogP contribution in [0.1, 0.15) is 33.7 Å². The number of aryl methyl sites for hydroxylation is 1. The SMILES string of the molecule is COc1ccccc1C(NC(=O)c1ccc(COc2ccc(F)cc2)o1)c1nccn1C. The van der Waals surface area contributed by atoms with Crippen molar-refractivity contribution in [3.05, 3.63) is 102 Å². The molecule has 0 saturated carbocycles. The van der Waals surface area contributed by atoms with E-state index in [-0.39, 0.29) is 18.2 Å². The number of nitrogens with one attached hydrogen (secondary N) is 1. The lowest BCUT2D eigenvalue weighted by Crippen LogP contribution is -2.31. The molecule has 2 heterocycles. The molecule has 0 spiro atoms. The van der Waals surface area contributed by atoms with Gasteiger partial charge in [0.05, 0.1) is 7.11 Å². The Balaban J connectivity index is 1.51. The highest BCUT2D eigenvalue weighted by atomic mass is 19.1. The van der Waals surface area contributed by atoms with Gasteiger partial charge in [-0.25, -0.2) is 9.37 Å². The zero-order valence-corrected chi connectivity index (χ0v) is 17.6. The van der Waals surface area contributed by atoms with Gasteiger partial charge < -0.3 is 23.8 Å². The summed E-state index contributed by atoms with van der Waals surface area (Å²) in [6.45, 7) is 0.105. The second kappa shape index (κ2) is 9.38. The van der Waals surface area contributed by atoms with Gasteiger partial charge in [0.2, 0.25) is 0 Å². The topological polar surface area (TPSA) is 78.5 Å². The minimum Gasteiger partial charge on any atom is -0.496 e. The lowest BCUT2D eigenvalue weighted by atomic mass is 10.0. The molecule has 1 atom stereocenters. The standard InChI is InChI=1S/C24H22FN3O4/c1-28-14-13-26-23(28)22(19-5-3-4-6-20(19)30-2)27-24(29)21-12-11-18(32-21)15-31-17-9-7-16(25)8-10-17/h3-14,22H,15H2,1-2H3,(H,27,29). The molecule has 0 bridgehead atoms. The van der Waals surface area contributed by atoms with Crippen LogP contribution >= 0.6 is 0 Å². The molecule has 7 nitrogen and oxygen atoms in total. The number of imidazole rings is 1. The number of halogens is 1. The highest BCUT2D eigenvalue weighted by molar-refractivity contribution is 5.92. The summed E-state index contributed by atoms with van der Waals surface area (Å²) in [6, 6.07) is 15.8. The fourth-order valence-electron chi connectivity index (χ4n) is 3.31. The van der Waals surface area contributed by atoms with Crippen molar-refractivity contribution >= 4 is 5.91 Å². The number of para-hydroxylation sites is 1. The third-order valence-electron chi connectivity index (χ3n) is 4.92. The van der Waals surface area contributed by atoms with Crippen molar-refractivity contribution in [1.29, 1.82) is 0 Å². The molecular formula is C24H22FN3O4. The van der Waals surface area contributed by atoms with Gasteiger partial charge in [0.15, 0.2) is 5.76 Å². The summed E-state index contributed by atoms with van der Waals surface area (Å²) in [5.74, 6) is 1.63. The molecule has 0 aliphatic rings. The summed E-state index contributed by atoms with van der Waals surface area (Å²) in [7, 11) is 3.44. The quantitative estimate of drug-likeness (QED) is 0.447. The van der Waals surface area contributed by atoms with Gasteiger partial charge in [0.25, 0.3) is 5.91 Å². The summed E-state index contributed by atoms with van der Waals surface area (Å²) >= 11 is 0. The molecule has 1 amide bonds. The van der Waals surface area contributed by atoms with Crippen molar-refractivity contribution in [2.75, 3.05) is 7.11 Å². The molecule has 0 fully saturated rings. The number of furan rings is 1. The molecule has 8 heteroatoms. The number of amides is 1. The number of hydrogen-bond donors (Lipinski definition) is 1. The van der Waals surface area contributed by atoms with Crippen LogP contribution in [0.15, 0.2) is 77.5 Å². The molecule has 164 valence electrons.